The van der Waals surface area contributed by atoms with Crippen molar-refractivity contribution in [3.05, 3.63) is 72.6 Å². The van der Waals surface area contributed by atoms with Gasteiger partial charge in [0.25, 0.3) is 0 Å². The van der Waals surface area contributed by atoms with Crippen LogP contribution in [0.15, 0.2) is 67.0 Å². The average Bonchev–Trinajstić information content (AvgIpc) is 2.55. The first kappa shape index (κ1) is 12.8. The summed E-state index contributed by atoms with van der Waals surface area (Å²) in [5, 5.41) is 6.77. The minimum atomic E-state index is 0.835. The van der Waals surface area contributed by atoms with E-state index in [1.54, 1.807) is 6.33 Å². The predicted molar refractivity (Wildman–Crippen MR) is 91.5 cm³/mol. The maximum atomic E-state index is 4.48. The van der Waals surface area contributed by atoms with Crippen LogP contribution in [0.2, 0.25) is 0 Å². The molecule has 3 nitrogen and oxygen atoms in total. The number of rotatable bonds is 2. The van der Waals surface area contributed by atoms with Crippen LogP contribution >= 0.6 is 0 Å². The van der Waals surface area contributed by atoms with Crippen molar-refractivity contribution in [1.29, 1.82) is 0 Å². The lowest BCUT2D eigenvalue weighted by Crippen LogP contribution is -1.96. The van der Waals surface area contributed by atoms with E-state index in [1.165, 1.54) is 10.9 Å². The van der Waals surface area contributed by atoms with Gasteiger partial charge in [-0.05, 0) is 36.1 Å². The van der Waals surface area contributed by atoms with Crippen LogP contribution in [-0.2, 0) is 0 Å². The fraction of sp³-hybridized carbons (Fsp3) is 0.0526. The number of anilines is 2. The molecule has 0 aliphatic heterocycles. The van der Waals surface area contributed by atoms with E-state index in [1.807, 2.05) is 24.3 Å². The Morgan fingerprint density at radius 2 is 1.73 bits per heavy atom. The fourth-order valence-electron chi connectivity index (χ4n) is 2.76. The third kappa shape index (κ3) is 2.17. The summed E-state index contributed by atoms with van der Waals surface area (Å²) >= 11 is 0. The number of fused-ring (bicyclic) bond motifs is 3. The first-order valence-electron chi connectivity index (χ1n) is 7.27. The van der Waals surface area contributed by atoms with E-state index in [0.29, 0.717) is 0 Å². The Hall–Kier alpha value is -2.94. The lowest BCUT2D eigenvalue weighted by Gasteiger charge is -2.10. The van der Waals surface area contributed by atoms with Gasteiger partial charge < -0.3 is 5.32 Å². The summed E-state index contributed by atoms with van der Waals surface area (Å²) in [5.41, 5.74) is 3.23. The average molecular weight is 285 g/mol. The molecule has 4 aromatic rings. The first-order chi connectivity index (χ1) is 10.8. The highest BCUT2D eigenvalue weighted by Crippen LogP contribution is 2.28. The lowest BCUT2D eigenvalue weighted by atomic mass is 10.1. The summed E-state index contributed by atoms with van der Waals surface area (Å²) in [7, 11) is 0. The van der Waals surface area contributed by atoms with Gasteiger partial charge in [-0.1, -0.05) is 42.5 Å². The second-order valence-corrected chi connectivity index (χ2v) is 5.40. The van der Waals surface area contributed by atoms with E-state index < -0.39 is 0 Å². The molecule has 0 fully saturated rings. The second-order valence-electron chi connectivity index (χ2n) is 5.40. The molecule has 4 rings (SSSR count). The molecule has 0 unspecified atom stereocenters. The van der Waals surface area contributed by atoms with Crippen LogP contribution in [0.25, 0.3) is 21.7 Å². The minimum Gasteiger partial charge on any atom is -0.340 e. The Morgan fingerprint density at radius 3 is 2.64 bits per heavy atom. The van der Waals surface area contributed by atoms with E-state index in [0.717, 1.165) is 27.8 Å². The number of benzene rings is 3. The van der Waals surface area contributed by atoms with Crippen LogP contribution in [-0.4, -0.2) is 9.97 Å². The van der Waals surface area contributed by atoms with Crippen molar-refractivity contribution in [1.82, 2.24) is 9.97 Å². The topological polar surface area (TPSA) is 37.8 Å². The van der Waals surface area contributed by atoms with Crippen molar-refractivity contribution in [2.75, 3.05) is 5.32 Å². The van der Waals surface area contributed by atoms with Crippen molar-refractivity contribution in [2.45, 2.75) is 6.92 Å². The normalized spacial score (nSPS) is 11.0. The van der Waals surface area contributed by atoms with Crippen molar-refractivity contribution >= 4 is 33.2 Å². The fourth-order valence-corrected chi connectivity index (χ4v) is 2.76. The van der Waals surface area contributed by atoms with Crippen LogP contribution < -0.4 is 5.32 Å². The maximum Gasteiger partial charge on any atom is 0.141 e. The molecule has 1 aromatic heterocycles. The predicted octanol–water partition coefficient (Wildman–Crippen LogP) is 4.84. The van der Waals surface area contributed by atoms with E-state index in [4.69, 9.17) is 0 Å². The first-order valence-corrected chi connectivity index (χ1v) is 7.27. The zero-order valence-corrected chi connectivity index (χ0v) is 12.2. The Morgan fingerprint density at radius 1 is 0.818 bits per heavy atom. The number of aromatic nitrogens is 2. The van der Waals surface area contributed by atoms with Crippen molar-refractivity contribution in [3.8, 4) is 0 Å². The SMILES string of the molecule is Cc1cccc(Nc2ncnc3c2ccc2ccccc23)c1. The van der Waals surface area contributed by atoms with Crippen molar-refractivity contribution < 1.29 is 0 Å². The van der Waals surface area contributed by atoms with Gasteiger partial charge in [0, 0.05) is 16.5 Å². The molecule has 0 amide bonds. The molecule has 1 heterocycles. The van der Waals surface area contributed by atoms with Gasteiger partial charge in [-0.3, -0.25) is 0 Å². The minimum absolute atomic E-state index is 0.835. The molecule has 0 aliphatic rings. The number of hydrogen-bond donors (Lipinski definition) is 1. The Balaban J connectivity index is 1.90. The Labute approximate surface area is 128 Å². The zero-order valence-electron chi connectivity index (χ0n) is 12.2. The van der Waals surface area contributed by atoms with Gasteiger partial charge in [-0.15, -0.1) is 0 Å². The largest absolute Gasteiger partial charge is 0.340 e. The van der Waals surface area contributed by atoms with Crippen LogP contribution in [0, 0.1) is 6.92 Å². The molecular weight excluding hydrogens is 270 g/mol. The summed E-state index contributed by atoms with van der Waals surface area (Å²) in [6.07, 6.45) is 1.62. The molecule has 0 radical (unpaired) electrons. The molecule has 3 heteroatoms. The van der Waals surface area contributed by atoms with E-state index in [2.05, 4.69) is 58.6 Å². The molecule has 22 heavy (non-hydrogen) atoms. The number of aryl methyl sites for hydroxylation is 1. The Kier molecular flexibility index (Phi) is 2.97. The van der Waals surface area contributed by atoms with Gasteiger partial charge in [-0.2, -0.15) is 0 Å². The highest BCUT2D eigenvalue weighted by atomic mass is 15.0. The molecule has 0 saturated heterocycles. The second kappa shape index (κ2) is 5.11. The standard InChI is InChI=1S/C19H15N3/c1-13-5-4-7-15(11-13)22-19-17-10-9-14-6-2-3-8-16(14)18(17)20-12-21-19/h2-12H,1H3,(H,20,21,22). The zero-order chi connectivity index (χ0) is 14.9. The van der Waals surface area contributed by atoms with Crippen LogP contribution in [0.1, 0.15) is 5.56 Å². The quantitative estimate of drug-likeness (QED) is 0.536. The molecule has 0 aliphatic carbocycles. The number of nitrogens with zero attached hydrogens (tertiary/aromatic N) is 2. The van der Waals surface area contributed by atoms with Crippen LogP contribution in [0.3, 0.4) is 0 Å². The van der Waals surface area contributed by atoms with Gasteiger partial charge >= 0.3 is 0 Å². The molecule has 0 atom stereocenters. The van der Waals surface area contributed by atoms with E-state index in [9.17, 15) is 0 Å². The highest BCUT2D eigenvalue weighted by Gasteiger charge is 2.07. The summed E-state index contributed by atoms with van der Waals surface area (Å²) in [5.74, 6) is 0.835. The van der Waals surface area contributed by atoms with Crippen LogP contribution in [0.4, 0.5) is 11.5 Å². The summed E-state index contributed by atoms with van der Waals surface area (Å²) < 4.78 is 0. The lowest BCUT2D eigenvalue weighted by molar-refractivity contribution is 1.22. The molecular formula is C19H15N3. The van der Waals surface area contributed by atoms with Gasteiger partial charge in [0.2, 0.25) is 0 Å². The maximum absolute atomic E-state index is 4.48. The van der Waals surface area contributed by atoms with Crippen molar-refractivity contribution in [3.63, 3.8) is 0 Å². The smallest absolute Gasteiger partial charge is 0.141 e. The van der Waals surface area contributed by atoms with E-state index in [-0.39, 0.29) is 0 Å². The molecule has 0 bridgehead atoms. The van der Waals surface area contributed by atoms with Crippen molar-refractivity contribution in [2.24, 2.45) is 0 Å². The summed E-state index contributed by atoms with van der Waals surface area (Å²) in [6.45, 7) is 2.08. The molecule has 0 spiro atoms. The third-order valence-corrected chi connectivity index (χ3v) is 3.81. The molecule has 1 N–H and O–H groups in total. The highest BCUT2D eigenvalue weighted by molar-refractivity contribution is 6.08. The third-order valence-electron chi connectivity index (χ3n) is 3.81. The number of hydrogen-bond acceptors (Lipinski definition) is 3. The van der Waals surface area contributed by atoms with Gasteiger partial charge in [-0.25, -0.2) is 9.97 Å². The number of nitrogens with one attached hydrogen (secondary N) is 1. The Bertz CT molecular complexity index is 976. The van der Waals surface area contributed by atoms with E-state index >= 15 is 0 Å². The van der Waals surface area contributed by atoms with Gasteiger partial charge in [0.15, 0.2) is 0 Å². The summed E-state index contributed by atoms with van der Waals surface area (Å²) in [4.78, 5) is 8.89. The van der Waals surface area contributed by atoms with Gasteiger partial charge in [0.1, 0.15) is 12.1 Å². The monoisotopic (exact) mass is 285 g/mol. The molecule has 106 valence electrons. The van der Waals surface area contributed by atoms with Crippen LogP contribution in [0.5, 0.6) is 0 Å². The van der Waals surface area contributed by atoms with Gasteiger partial charge in [0.05, 0.1) is 5.52 Å². The summed E-state index contributed by atoms with van der Waals surface area (Å²) in [6, 6.07) is 20.7. The molecule has 3 aromatic carbocycles. The molecule has 0 saturated carbocycles.